The van der Waals surface area contributed by atoms with Crippen LogP contribution in [0.15, 0.2) is 30.3 Å². The third kappa shape index (κ3) is 15.1. The first-order chi connectivity index (χ1) is 15.2. The van der Waals surface area contributed by atoms with Crippen molar-refractivity contribution in [3.05, 3.63) is 35.9 Å². The predicted octanol–water partition coefficient (Wildman–Crippen LogP) is 5.74. The molecule has 0 saturated heterocycles. The molecule has 0 saturated carbocycles. The monoisotopic (exact) mass is 435 g/mol. The lowest BCUT2D eigenvalue weighted by atomic mass is 10.0. The van der Waals surface area contributed by atoms with Gasteiger partial charge in [0.2, 0.25) is 5.91 Å². The zero-order valence-corrected chi connectivity index (χ0v) is 19.8. The highest BCUT2D eigenvalue weighted by atomic mass is 16.7. The van der Waals surface area contributed by atoms with E-state index in [1.807, 2.05) is 30.3 Å². The lowest BCUT2D eigenvalue weighted by Gasteiger charge is -2.23. The maximum atomic E-state index is 12.1. The summed E-state index contributed by atoms with van der Waals surface area (Å²) in [5, 5.41) is 13.5. The van der Waals surface area contributed by atoms with E-state index in [0.717, 1.165) is 24.8 Å². The minimum absolute atomic E-state index is 0.0488. The van der Waals surface area contributed by atoms with E-state index in [1.165, 1.54) is 51.4 Å². The lowest BCUT2D eigenvalue weighted by Crippen LogP contribution is -2.32. The van der Waals surface area contributed by atoms with Crippen LogP contribution in [0.3, 0.4) is 0 Å². The Balaban J connectivity index is 2.18. The number of aliphatic hydroxyl groups is 1. The van der Waals surface area contributed by atoms with Gasteiger partial charge in [0.05, 0.1) is 12.2 Å². The topological polar surface area (TPSA) is 67.8 Å². The Labute approximate surface area is 189 Å². The molecular formula is C26H45NO4. The van der Waals surface area contributed by atoms with Gasteiger partial charge in [0, 0.05) is 20.1 Å². The van der Waals surface area contributed by atoms with Crippen molar-refractivity contribution in [3.8, 4) is 0 Å². The number of unbranched alkanes of at least 4 members (excludes halogenated alkanes) is 9. The van der Waals surface area contributed by atoms with Crippen LogP contribution in [-0.2, 0) is 20.8 Å². The van der Waals surface area contributed by atoms with E-state index < -0.39 is 6.10 Å². The highest BCUT2D eigenvalue weighted by Crippen LogP contribution is 2.17. The van der Waals surface area contributed by atoms with Crippen LogP contribution in [0, 0.1) is 0 Å². The highest BCUT2D eigenvalue weighted by Gasteiger charge is 2.20. The second-order valence-corrected chi connectivity index (χ2v) is 8.45. The normalized spacial score (nSPS) is 13.1. The SMILES string of the molecule is CCCCCCCCCCCC[C@@H](OCOC)[C@H](O)CCC(=O)NCc1ccccc1. The molecule has 0 unspecified atom stereocenters. The van der Waals surface area contributed by atoms with Gasteiger partial charge in [-0.2, -0.15) is 0 Å². The van der Waals surface area contributed by atoms with Crippen molar-refractivity contribution in [2.24, 2.45) is 0 Å². The fourth-order valence-corrected chi connectivity index (χ4v) is 3.72. The number of methoxy groups -OCH3 is 1. The summed E-state index contributed by atoms with van der Waals surface area (Å²) in [4.78, 5) is 12.1. The Morgan fingerprint density at radius 2 is 1.55 bits per heavy atom. The molecule has 1 aromatic carbocycles. The van der Waals surface area contributed by atoms with Gasteiger partial charge in [-0.05, 0) is 18.4 Å². The lowest BCUT2D eigenvalue weighted by molar-refractivity contribution is -0.126. The van der Waals surface area contributed by atoms with Crippen LogP contribution in [0.5, 0.6) is 0 Å². The van der Waals surface area contributed by atoms with Gasteiger partial charge in [0.15, 0.2) is 0 Å². The van der Waals surface area contributed by atoms with E-state index in [-0.39, 0.29) is 18.8 Å². The maximum absolute atomic E-state index is 12.1. The van der Waals surface area contributed by atoms with Crippen LogP contribution < -0.4 is 5.32 Å². The van der Waals surface area contributed by atoms with Crippen molar-refractivity contribution in [3.63, 3.8) is 0 Å². The Hall–Kier alpha value is -1.43. The summed E-state index contributed by atoms with van der Waals surface area (Å²) < 4.78 is 10.7. The second-order valence-electron chi connectivity index (χ2n) is 8.45. The van der Waals surface area contributed by atoms with E-state index in [4.69, 9.17) is 9.47 Å². The van der Waals surface area contributed by atoms with Crippen molar-refractivity contribution < 1.29 is 19.4 Å². The Bertz CT molecular complexity index is 537. The molecule has 0 aromatic heterocycles. The number of aliphatic hydroxyl groups excluding tert-OH is 1. The predicted molar refractivity (Wildman–Crippen MR) is 127 cm³/mol. The van der Waals surface area contributed by atoms with Crippen LogP contribution in [0.25, 0.3) is 0 Å². The van der Waals surface area contributed by atoms with Gasteiger partial charge in [-0.15, -0.1) is 0 Å². The van der Waals surface area contributed by atoms with Crippen molar-refractivity contribution in [2.75, 3.05) is 13.9 Å². The van der Waals surface area contributed by atoms with Crippen molar-refractivity contribution in [2.45, 2.75) is 109 Å². The first kappa shape index (κ1) is 27.6. The van der Waals surface area contributed by atoms with Crippen LogP contribution in [0.4, 0.5) is 0 Å². The highest BCUT2D eigenvalue weighted by molar-refractivity contribution is 5.75. The summed E-state index contributed by atoms with van der Waals surface area (Å²) in [5.74, 6) is -0.0488. The second kappa shape index (κ2) is 19.3. The van der Waals surface area contributed by atoms with Crippen LogP contribution >= 0.6 is 0 Å². The van der Waals surface area contributed by atoms with Crippen LogP contribution in [-0.4, -0.2) is 37.1 Å². The maximum Gasteiger partial charge on any atom is 0.220 e. The van der Waals surface area contributed by atoms with Crippen molar-refractivity contribution in [1.29, 1.82) is 0 Å². The Morgan fingerprint density at radius 1 is 0.935 bits per heavy atom. The molecule has 1 amide bonds. The van der Waals surface area contributed by atoms with E-state index in [1.54, 1.807) is 7.11 Å². The first-order valence-corrected chi connectivity index (χ1v) is 12.3. The number of benzene rings is 1. The molecule has 0 aliphatic heterocycles. The summed E-state index contributed by atoms with van der Waals surface area (Å²) in [7, 11) is 1.58. The first-order valence-electron chi connectivity index (χ1n) is 12.3. The number of carbonyl (C=O) groups is 1. The molecule has 0 fully saturated rings. The summed E-state index contributed by atoms with van der Waals surface area (Å²) in [6, 6.07) is 9.83. The molecule has 0 aliphatic rings. The molecule has 2 N–H and O–H groups in total. The molecule has 178 valence electrons. The van der Waals surface area contributed by atoms with Gasteiger partial charge in [-0.1, -0.05) is 101 Å². The standard InChI is InChI=1S/C26H45NO4/c1-3-4-5-6-7-8-9-10-11-15-18-25(31-22-30-2)24(28)19-20-26(29)27-21-23-16-13-12-14-17-23/h12-14,16-17,24-25,28H,3-11,15,18-22H2,1-2H3,(H,27,29)/t24-,25-/m1/s1. The van der Waals surface area contributed by atoms with Gasteiger partial charge in [0.1, 0.15) is 6.79 Å². The van der Waals surface area contributed by atoms with E-state index >= 15 is 0 Å². The number of carbonyl (C=O) groups excluding carboxylic acids is 1. The Morgan fingerprint density at radius 3 is 2.16 bits per heavy atom. The molecule has 0 aliphatic carbocycles. The molecule has 0 spiro atoms. The molecule has 0 heterocycles. The minimum atomic E-state index is -0.656. The Kier molecular flexibility index (Phi) is 17.2. The van der Waals surface area contributed by atoms with Crippen molar-refractivity contribution >= 4 is 5.91 Å². The quantitative estimate of drug-likeness (QED) is 0.202. The average Bonchev–Trinajstić information content (AvgIpc) is 2.80. The number of hydrogen-bond acceptors (Lipinski definition) is 4. The number of rotatable bonds is 20. The minimum Gasteiger partial charge on any atom is -0.390 e. The number of nitrogens with one attached hydrogen (secondary N) is 1. The zero-order chi connectivity index (χ0) is 22.6. The van der Waals surface area contributed by atoms with Crippen LogP contribution in [0.1, 0.15) is 96.0 Å². The van der Waals surface area contributed by atoms with Gasteiger partial charge >= 0.3 is 0 Å². The summed E-state index contributed by atoms with van der Waals surface area (Å²) in [6.07, 6.45) is 13.3. The molecule has 5 heteroatoms. The van der Waals surface area contributed by atoms with Gasteiger partial charge in [0.25, 0.3) is 0 Å². The van der Waals surface area contributed by atoms with Gasteiger partial charge in [-0.25, -0.2) is 0 Å². The molecule has 31 heavy (non-hydrogen) atoms. The van der Waals surface area contributed by atoms with E-state index in [9.17, 15) is 9.90 Å². The molecule has 5 nitrogen and oxygen atoms in total. The number of hydrogen-bond donors (Lipinski definition) is 2. The molecule has 0 bridgehead atoms. The fourth-order valence-electron chi connectivity index (χ4n) is 3.72. The van der Waals surface area contributed by atoms with E-state index in [2.05, 4.69) is 12.2 Å². The summed E-state index contributed by atoms with van der Waals surface area (Å²) in [6.45, 7) is 2.93. The summed E-state index contributed by atoms with van der Waals surface area (Å²) in [5.41, 5.74) is 1.07. The number of ether oxygens (including phenoxy) is 2. The molecule has 2 atom stereocenters. The molecule has 1 rings (SSSR count). The fraction of sp³-hybridized carbons (Fsp3) is 0.731. The third-order valence-electron chi connectivity index (χ3n) is 5.67. The van der Waals surface area contributed by atoms with E-state index in [0.29, 0.717) is 19.4 Å². The smallest absolute Gasteiger partial charge is 0.220 e. The average molecular weight is 436 g/mol. The van der Waals surface area contributed by atoms with Crippen molar-refractivity contribution in [1.82, 2.24) is 5.32 Å². The van der Waals surface area contributed by atoms with Gasteiger partial charge < -0.3 is 19.9 Å². The largest absolute Gasteiger partial charge is 0.390 e. The number of amides is 1. The van der Waals surface area contributed by atoms with Gasteiger partial charge in [-0.3, -0.25) is 4.79 Å². The molecule has 0 radical (unpaired) electrons. The molecule has 1 aromatic rings. The zero-order valence-electron chi connectivity index (χ0n) is 19.8. The third-order valence-corrected chi connectivity index (χ3v) is 5.67. The summed E-state index contributed by atoms with van der Waals surface area (Å²) >= 11 is 0. The molecular weight excluding hydrogens is 390 g/mol. The van der Waals surface area contributed by atoms with Crippen LogP contribution in [0.2, 0.25) is 0 Å².